The van der Waals surface area contributed by atoms with E-state index >= 15 is 0 Å². The smallest absolute Gasteiger partial charge is 0.380 e. The first-order valence-electron chi connectivity index (χ1n) is 7.20. The summed E-state index contributed by atoms with van der Waals surface area (Å²) in [5.74, 6) is 0. The average molecular weight is 319 g/mol. The van der Waals surface area contributed by atoms with Crippen LogP contribution in [-0.4, -0.2) is 30.1 Å². The number of halogens is 4. The van der Waals surface area contributed by atoms with Gasteiger partial charge in [0.05, 0.1) is 16.3 Å². The Morgan fingerprint density at radius 3 is 2.38 bits per heavy atom. The molecule has 0 aliphatic carbocycles. The van der Waals surface area contributed by atoms with Crippen LogP contribution in [0.4, 0.5) is 18.9 Å². The Hall–Kier alpha value is -0.940. The van der Waals surface area contributed by atoms with Crippen molar-refractivity contribution in [2.75, 3.05) is 12.4 Å². The van der Waals surface area contributed by atoms with Gasteiger partial charge in [-0.15, -0.1) is 0 Å². The molecule has 1 aromatic rings. The predicted octanol–water partition coefficient (Wildman–Crippen LogP) is 4.40. The van der Waals surface area contributed by atoms with Gasteiger partial charge >= 0.3 is 6.18 Å². The monoisotopic (exact) mass is 318 g/mol. The second-order valence-electron chi connectivity index (χ2n) is 6.02. The molecule has 2 aliphatic rings. The normalized spacial score (nSPS) is 29.7. The van der Waals surface area contributed by atoms with E-state index in [0.717, 1.165) is 31.7 Å². The molecule has 6 heteroatoms. The molecule has 2 unspecified atom stereocenters. The minimum atomic E-state index is -4.39. The molecule has 2 bridgehead atoms. The number of benzene rings is 1. The van der Waals surface area contributed by atoms with Crippen molar-refractivity contribution in [3.63, 3.8) is 0 Å². The lowest BCUT2D eigenvalue weighted by Gasteiger charge is -2.37. The quantitative estimate of drug-likeness (QED) is 0.869. The maximum absolute atomic E-state index is 13.1. The van der Waals surface area contributed by atoms with Gasteiger partial charge in [0, 0.05) is 18.1 Å². The number of hydrogen-bond donors (Lipinski definition) is 1. The SMILES string of the molecule is CN1C2CCC1CC(Nc1c(Cl)cccc1C(F)(F)F)C2. The third-order valence-electron chi connectivity index (χ3n) is 4.77. The highest BCUT2D eigenvalue weighted by Crippen LogP contribution is 2.41. The molecular weight excluding hydrogens is 301 g/mol. The standard InChI is InChI=1S/C15H18ClF3N2/c1-21-10-5-6-11(21)8-9(7-10)20-14-12(15(17,18)19)3-2-4-13(14)16/h2-4,9-11,20H,5-8H2,1H3. The number of piperidine rings is 1. The van der Waals surface area contributed by atoms with Crippen molar-refractivity contribution in [1.29, 1.82) is 0 Å². The number of para-hydroxylation sites is 1. The van der Waals surface area contributed by atoms with Crippen molar-refractivity contribution < 1.29 is 13.2 Å². The van der Waals surface area contributed by atoms with E-state index in [2.05, 4.69) is 17.3 Å². The molecule has 2 aliphatic heterocycles. The molecule has 116 valence electrons. The average Bonchev–Trinajstić information content (AvgIpc) is 2.62. The van der Waals surface area contributed by atoms with Gasteiger partial charge < -0.3 is 10.2 Å². The van der Waals surface area contributed by atoms with E-state index in [9.17, 15) is 13.2 Å². The first-order valence-corrected chi connectivity index (χ1v) is 7.58. The Morgan fingerprint density at radius 1 is 1.19 bits per heavy atom. The molecule has 0 spiro atoms. The molecule has 1 N–H and O–H groups in total. The van der Waals surface area contributed by atoms with Crippen LogP contribution in [0, 0.1) is 0 Å². The fourth-order valence-electron chi connectivity index (χ4n) is 3.64. The summed E-state index contributed by atoms with van der Waals surface area (Å²) in [6.45, 7) is 0. The fraction of sp³-hybridized carbons (Fsp3) is 0.600. The lowest BCUT2D eigenvalue weighted by atomic mass is 9.97. The summed E-state index contributed by atoms with van der Waals surface area (Å²) in [6.07, 6.45) is -0.384. The topological polar surface area (TPSA) is 15.3 Å². The lowest BCUT2D eigenvalue weighted by molar-refractivity contribution is -0.137. The summed E-state index contributed by atoms with van der Waals surface area (Å²) in [4.78, 5) is 2.36. The number of hydrogen-bond acceptors (Lipinski definition) is 2. The first kappa shape index (κ1) is 15.0. The van der Waals surface area contributed by atoms with Gasteiger partial charge in [0.1, 0.15) is 0 Å². The van der Waals surface area contributed by atoms with E-state index in [-0.39, 0.29) is 16.8 Å². The Labute approximate surface area is 127 Å². The summed E-state index contributed by atoms with van der Waals surface area (Å²) < 4.78 is 39.3. The van der Waals surface area contributed by atoms with Crippen LogP contribution in [0.5, 0.6) is 0 Å². The zero-order valence-electron chi connectivity index (χ0n) is 11.8. The van der Waals surface area contributed by atoms with Gasteiger partial charge in [-0.3, -0.25) is 0 Å². The van der Waals surface area contributed by atoms with E-state index in [1.807, 2.05) is 0 Å². The van der Waals surface area contributed by atoms with Gasteiger partial charge in [0.15, 0.2) is 0 Å². The Kier molecular flexibility index (Phi) is 3.82. The van der Waals surface area contributed by atoms with Crippen LogP contribution in [-0.2, 0) is 6.18 Å². The minimum Gasteiger partial charge on any atom is -0.380 e. The van der Waals surface area contributed by atoms with Gasteiger partial charge in [-0.25, -0.2) is 0 Å². The van der Waals surface area contributed by atoms with Crippen molar-refractivity contribution in [2.24, 2.45) is 0 Å². The van der Waals surface area contributed by atoms with Crippen molar-refractivity contribution in [2.45, 2.75) is 50.0 Å². The van der Waals surface area contributed by atoms with E-state index in [1.54, 1.807) is 0 Å². The molecule has 2 atom stereocenters. The summed E-state index contributed by atoms with van der Waals surface area (Å²) in [5.41, 5.74) is -0.651. The minimum absolute atomic E-state index is 0.0284. The molecule has 1 aromatic carbocycles. The highest BCUT2D eigenvalue weighted by atomic mass is 35.5. The number of nitrogens with one attached hydrogen (secondary N) is 1. The number of rotatable bonds is 2. The molecule has 0 radical (unpaired) electrons. The molecular formula is C15H18ClF3N2. The Balaban J connectivity index is 1.83. The van der Waals surface area contributed by atoms with Crippen LogP contribution in [0.25, 0.3) is 0 Å². The lowest BCUT2D eigenvalue weighted by Crippen LogP contribution is -2.44. The molecule has 3 rings (SSSR count). The highest BCUT2D eigenvalue weighted by Gasteiger charge is 2.40. The first-order chi connectivity index (χ1) is 9.86. The number of fused-ring (bicyclic) bond motifs is 2. The summed E-state index contributed by atoms with van der Waals surface area (Å²) in [5, 5.41) is 3.20. The maximum atomic E-state index is 13.1. The van der Waals surface area contributed by atoms with Crippen LogP contribution in [0.15, 0.2) is 18.2 Å². The fourth-order valence-corrected chi connectivity index (χ4v) is 3.87. The predicted molar refractivity (Wildman–Crippen MR) is 77.7 cm³/mol. The largest absolute Gasteiger partial charge is 0.418 e. The van der Waals surface area contributed by atoms with Crippen LogP contribution >= 0.6 is 11.6 Å². The molecule has 2 nitrogen and oxygen atoms in total. The van der Waals surface area contributed by atoms with Gasteiger partial charge in [0.2, 0.25) is 0 Å². The van der Waals surface area contributed by atoms with Crippen LogP contribution in [0.1, 0.15) is 31.2 Å². The number of nitrogens with zero attached hydrogens (tertiary/aromatic N) is 1. The summed E-state index contributed by atoms with van der Waals surface area (Å²) in [7, 11) is 2.11. The van der Waals surface area contributed by atoms with Gasteiger partial charge in [-0.05, 0) is 44.9 Å². The molecule has 0 saturated carbocycles. The number of alkyl halides is 3. The summed E-state index contributed by atoms with van der Waals surface area (Å²) in [6, 6.07) is 4.92. The second-order valence-corrected chi connectivity index (χ2v) is 6.43. The van der Waals surface area contributed by atoms with Crippen molar-refractivity contribution in [3.05, 3.63) is 28.8 Å². The summed E-state index contributed by atoms with van der Waals surface area (Å²) >= 11 is 6.00. The molecule has 2 heterocycles. The molecule has 0 aromatic heterocycles. The van der Waals surface area contributed by atoms with Crippen molar-refractivity contribution in [1.82, 2.24) is 4.90 Å². The Bertz CT molecular complexity index is 518. The second kappa shape index (κ2) is 5.36. The van der Waals surface area contributed by atoms with E-state index in [0.29, 0.717) is 12.1 Å². The Morgan fingerprint density at radius 2 is 1.81 bits per heavy atom. The van der Waals surface area contributed by atoms with Gasteiger partial charge in [-0.1, -0.05) is 17.7 Å². The van der Waals surface area contributed by atoms with Crippen molar-refractivity contribution >= 4 is 17.3 Å². The zero-order valence-corrected chi connectivity index (χ0v) is 12.5. The van der Waals surface area contributed by atoms with Gasteiger partial charge in [-0.2, -0.15) is 13.2 Å². The molecule has 21 heavy (non-hydrogen) atoms. The molecule has 2 fully saturated rings. The van der Waals surface area contributed by atoms with E-state index < -0.39 is 11.7 Å². The highest BCUT2D eigenvalue weighted by molar-refractivity contribution is 6.33. The van der Waals surface area contributed by atoms with Gasteiger partial charge in [0.25, 0.3) is 0 Å². The zero-order chi connectivity index (χ0) is 15.2. The van der Waals surface area contributed by atoms with Crippen LogP contribution in [0.3, 0.4) is 0 Å². The molecule has 0 amide bonds. The van der Waals surface area contributed by atoms with E-state index in [1.165, 1.54) is 12.1 Å². The third kappa shape index (κ3) is 2.86. The molecule has 2 saturated heterocycles. The van der Waals surface area contributed by atoms with E-state index in [4.69, 9.17) is 11.6 Å². The number of anilines is 1. The van der Waals surface area contributed by atoms with Crippen molar-refractivity contribution in [3.8, 4) is 0 Å². The maximum Gasteiger partial charge on any atom is 0.418 e. The van der Waals surface area contributed by atoms with Crippen LogP contribution in [0.2, 0.25) is 5.02 Å². The van der Waals surface area contributed by atoms with Crippen LogP contribution < -0.4 is 5.32 Å². The third-order valence-corrected chi connectivity index (χ3v) is 5.08.